The van der Waals surface area contributed by atoms with E-state index >= 15 is 0 Å². The van der Waals surface area contributed by atoms with E-state index in [1.807, 2.05) is 4.72 Å². The fourth-order valence-electron chi connectivity index (χ4n) is 1.33. The quantitative estimate of drug-likeness (QED) is 0.792. The van der Waals surface area contributed by atoms with Crippen LogP contribution < -0.4 is 15.4 Å². The predicted octanol–water partition coefficient (Wildman–Crippen LogP) is 1.39. The molecular formula is C11H16BrF2N3O2S. The summed E-state index contributed by atoms with van der Waals surface area (Å²) in [4.78, 5) is 1.61. The van der Waals surface area contributed by atoms with Gasteiger partial charge in [-0.05, 0) is 34.1 Å². The lowest BCUT2D eigenvalue weighted by Gasteiger charge is -2.17. The molecular weight excluding hydrogens is 356 g/mol. The first kappa shape index (κ1) is 17.3. The third-order valence-corrected chi connectivity index (χ3v) is 4.94. The Bertz CT molecular complexity index is 579. The molecule has 0 saturated carbocycles. The van der Waals surface area contributed by atoms with Gasteiger partial charge in [0, 0.05) is 24.3 Å². The van der Waals surface area contributed by atoms with Gasteiger partial charge in [-0.15, -0.1) is 0 Å². The molecule has 1 aromatic rings. The summed E-state index contributed by atoms with van der Waals surface area (Å²) in [6.07, 6.45) is 0. The smallest absolute Gasteiger partial charge is 0.273 e. The van der Waals surface area contributed by atoms with Gasteiger partial charge >= 0.3 is 0 Å². The van der Waals surface area contributed by atoms with Crippen molar-refractivity contribution in [2.75, 3.05) is 32.1 Å². The molecule has 1 aromatic carbocycles. The molecule has 0 amide bonds. The van der Waals surface area contributed by atoms with Crippen LogP contribution in [0.5, 0.6) is 0 Å². The summed E-state index contributed by atoms with van der Waals surface area (Å²) in [6.45, 7) is -1.96. The second kappa shape index (κ2) is 6.33. The molecule has 0 fully saturated rings. The van der Waals surface area contributed by atoms with Crippen LogP contribution in [0.1, 0.15) is 0 Å². The minimum absolute atomic E-state index is 0.100. The van der Waals surface area contributed by atoms with Crippen LogP contribution in [0.3, 0.4) is 0 Å². The monoisotopic (exact) mass is 371 g/mol. The van der Waals surface area contributed by atoms with E-state index in [1.54, 1.807) is 31.1 Å². The van der Waals surface area contributed by atoms with E-state index in [0.29, 0.717) is 10.2 Å². The third-order valence-electron chi connectivity index (χ3n) is 2.54. The molecule has 0 saturated heterocycles. The molecule has 0 radical (unpaired) electrons. The number of halogens is 3. The van der Waals surface area contributed by atoms with Gasteiger partial charge in [-0.3, -0.25) is 0 Å². The Morgan fingerprint density at radius 2 is 2.00 bits per heavy atom. The van der Waals surface area contributed by atoms with Crippen molar-refractivity contribution in [1.82, 2.24) is 4.72 Å². The predicted molar refractivity (Wildman–Crippen MR) is 77.7 cm³/mol. The normalized spacial score (nSPS) is 12.5. The van der Waals surface area contributed by atoms with Crippen molar-refractivity contribution < 1.29 is 17.2 Å². The van der Waals surface area contributed by atoms with E-state index in [9.17, 15) is 17.2 Å². The Balaban J connectivity index is 3.06. The first-order valence-corrected chi connectivity index (χ1v) is 7.91. The van der Waals surface area contributed by atoms with Gasteiger partial charge in [0.2, 0.25) is 10.0 Å². The number of hydrogen-bond donors (Lipinski definition) is 2. The Hall–Kier alpha value is -0.770. The number of nitrogens with zero attached hydrogens (tertiary/aromatic N) is 1. The third kappa shape index (κ3) is 4.37. The minimum Gasteiger partial charge on any atom is -0.378 e. The van der Waals surface area contributed by atoms with Crippen molar-refractivity contribution in [3.05, 3.63) is 22.7 Å². The molecule has 0 aromatic heterocycles. The van der Waals surface area contributed by atoms with Gasteiger partial charge in [0.05, 0.1) is 18.0 Å². The zero-order valence-corrected chi connectivity index (χ0v) is 13.4. The summed E-state index contributed by atoms with van der Waals surface area (Å²) in [7, 11) is -0.558. The van der Waals surface area contributed by atoms with Crippen LogP contribution in [0.4, 0.5) is 14.5 Å². The number of hydrogen-bond acceptors (Lipinski definition) is 4. The van der Waals surface area contributed by atoms with E-state index in [2.05, 4.69) is 15.9 Å². The van der Waals surface area contributed by atoms with Gasteiger partial charge in [-0.25, -0.2) is 21.9 Å². The summed E-state index contributed by atoms with van der Waals surface area (Å²) in [5.41, 5.74) is 5.51. The van der Waals surface area contributed by atoms with E-state index in [0.717, 1.165) is 0 Å². The van der Waals surface area contributed by atoms with Crippen LogP contribution in [0, 0.1) is 0 Å². The summed E-state index contributed by atoms with van der Waals surface area (Å²) < 4.78 is 52.3. The van der Waals surface area contributed by atoms with Gasteiger partial charge in [0.25, 0.3) is 5.92 Å². The lowest BCUT2D eigenvalue weighted by atomic mass is 10.3. The Morgan fingerprint density at radius 1 is 1.40 bits per heavy atom. The molecule has 0 bridgehead atoms. The fraction of sp³-hybridized carbons (Fsp3) is 0.455. The lowest BCUT2D eigenvalue weighted by Crippen LogP contribution is -2.41. The highest BCUT2D eigenvalue weighted by Gasteiger charge is 2.30. The van der Waals surface area contributed by atoms with Gasteiger partial charge in [-0.2, -0.15) is 0 Å². The maximum atomic E-state index is 13.0. The molecule has 0 aliphatic carbocycles. The van der Waals surface area contributed by atoms with Crippen molar-refractivity contribution in [1.29, 1.82) is 0 Å². The van der Waals surface area contributed by atoms with Crippen LogP contribution in [-0.2, 0) is 10.0 Å². The average Bonchev–Trinajstić information content (AvgIpc) is 2.37. The standard InChI is InChI=1S/C11H16BrF2N3O2S/c1-17(2)8-3-4-9(12)10(5-8)20(18,19)16-7-11(13,14)6-15/h3-5,16H,6-7,15H2,1-2H3. The number of rotatable bonds is 6. The molecule has 9 heteroatoms. The first-order chi connectivity index (χ1) is 9.09. The van der Waals surface area contributed by atoms with Gasteiger partial charge < -0.3 is 10.6 Å². The Kier molecular flexibility index (Phi) is 5.47. The number of anilines is 1. The molecule has 0 atom stereocenters. The maximum Gasteiger partial charge on any atom is 0.273 e. The minimum atomic E-state index is -4.05. The highest BCUT2D eigenvalue weighted by molar-refractivity contribution is 9.10. The van der Waals surface area contributed by atoms with Crippen molar-refractivity contribution in [2.24, 2.45) is 5.73 Å². The van der Waals surface area contributed by atoms with Gasteiger partial charge in [-0.1, -0.05) is 0 Å². The topological polar surface area (TPSA) is 75.4 Å². The maximum absolute atomic E-state index is 13.0. The summed E-state index contributed by atoms with van der Waals surface area (Å²) in [5.74, 6) is -3.28. The molecule has 1 rings (SSSR count). The van der Waals surface area contributed by atoms with E-state index < -0.39 is 29.0 Å². The molecule has 0 spiro atoms. The van der Waals surface area contributed by atoms with Crippen LogP contribution in [0.15, 0.2) is 27.6 Å². The van der Waals surface area contributed by atoms with Crippen LogP contribution in [0.25, 0.3) is 0 Å². The number of sulfonamides is 1. The molecule has 20 heavy (non-hydrogen) atoms. The number of benzene rings is 1. The number of nitrogens with two attached hydrogens (primary N) is 1. The molecule has 0 unspecified atom stereocenters. The highest BCUT2D eigenvalue weighted by atomic mass is 79.9. The molecule has 0 aliphatic rings. The van der Waals surface area contributed by atoms with Crippen LogP contribution in [0.2, 0.25) is 0 Å². The van der Waals surface area contributed by atoms with Crippen molar-refractivity contribution >= 4 is 31.6 Å². The Labute approximate surface area is 125 Å². The molecule has 5 nitrogen and oxygen atoms in total. The number of nitrogens with one attached hydrogen (secondary N) is 1. The van der Waals surface area contributed by atoms with E-state index in [4.69, 9.17) is 5.73 Å². The van der Waals surface area contributed by atoms with Crippen molar-refractivity contribution in [2.45, 2.75) is 10.8 Å². The van der Waals surface area contributed by atoms with Crippen LogP contribution in [-0.4, -0.2) is 41.5 Å². The van der Waals surface area contributed by atoms with Gasteiger partial charge in [0.1, 0.15) is 0 Å². The highest BCUT2D eigenvalue weighted by Crippen LogP contribution is 2.26. The SMILES string of the molecule is CN(C)c1ccc(Br)c(S(=O)(=O)NCC(F)(F)CN)c1. The second-order valence-corrected chi connectivity index (χ2v) is 6.98. The molecule has 114 valence electrons. The largest absolute Gasteiger partial charge is 0.378 e. The zero-order valence-electron chi connectivity index (χ0n) is 11.0. The lowest BCUT2D eigenvalue weighted by molar-refractivity contribution is 0.0170. The average molecular weight is 372 g/mol. The second-order valence-electron chi connectivity index (χ2n) is 4.39. The van der Waals surface area contributed by atoms with Crippen molar-refractivity contribution in [3.63, 3.8) is 0 Å². The van der Waals surface area contributed by atoms with Crippen molar-refractivity contribution in [3.8, 4) is 0 Å². The molecule has 0 heterocycles. The summed E-state index contributed by atoms with van der Waals surface area (Å²) in [5, 5.41) is 0. The fourth-order valence-corrected chi connectivity index (χ4v) is 3.37. The summed E-state index contributed by atoms with van der Waals surface area (Å²) in [6, 6.07) is 4.65. The molecule has 3 N–H and O–H groups in total. The Morgan fingerprint density at radius 3 is 2.50 bits per heavy atom. The van der Waals surface area contributed by atoms with Crippen LogP contribution >= 0.6 is 15.9 Å². The summed E-state index contributed by atoms with van der Waals surface area (Å²) >= 11 is 3.10. The van der Waals surface area contributed by atoms with E-state index in [1.165, 1.54) is 6.07 Å². The number of alkyl halides is 2. The van der Waals surface area contributed by atoms with E-state index in [-0.39, 0.29) is 4.90 Å². The van der Waals surface area contributed by atoms with Gasteiger partial charge in [0.15, 0.2) is 0 Å². The first-order valence-electron chi connectivity index (χ1n) is 5.63. The molecule has 0 aliphatic heterocycles. The zero-order chi connectivity index (χ0) is 15.6.